The molecule has 3 rings (SSSR count). The first-order chi connectivity index (χ1) is 9.74. The molecular formula is C15H22N2O3. The highest BCUT2D eigenvalue weighted by Gasteiger charge is 2.20. The van der Waals surface area contributed by atoms with Crippen molar-refractivity contribution in [2.45, 2.75) is 12.8 Å². The molecule has 1 aromatic carbocycles. The lowest BCUT2D eigenvalue weighted by Crippen LogP contribution is -2.31. The number of fused-ring (bicyclic) bond motifs is 1. The summed E-state index contributed by atoms with van der Waals surface area (Å²) >= 11 is 0. The first-order valence-corrected chi connectivity index (χ1v) is 7.22. The van der Waals surface area contributed by atoms with Gasteiger partial charge in [0.15, 0.2) is 11.5 Å². The van der Waals surface area contributed by atoms with E-state index < -0.39 is 0 Å². The second-order valence-corrected chi connectivity index (χ2v) is 5.52. The zero-order valence-electron chi connectivity index (χ0n) is 11.9. The van der Waals surface area contributed by atoms with Gasteiger partial charge in [0, 0.05) is 32.3 Å². The summed E-state index contributed by atoms with van der Waals surface area (Å²) in [6.45, 7) is 3.86. The lowest BCUT2D eigenvalue weighted by Gasteiger charge is -2.30. The van der Waals surface area contributed by atoms with Gasteiger partial charge in [-0.25, -0.2) is 0 Å². The first kappa shape index (κ1) is 13.4. The van der Waals surface area contributed by atoms with Crippen LogP contribution in [-0.4, -0.2) is 40.0 Å². The predicted molar refractivity (Wildman–Crippen MR) is 78.7 cm³/mol. The molecule has 0 bridgehead atoms. The van der Waals surface area contributed by atoms with Crippen LogP contribution in [0.25, 0.3) is 0 Å². The molecule has 1 fully saturated rings. The molecule has 2 aliphatic heterocycles. The maximum absolute atomic E-state index is 6.14. The normalized spacial score (nSPS) is 21.6. The molecule has 2 N–H and O–H groups in total. The van der Waals surface area contributed by atoms with E-state index in [9.17, 15) is 0 Å². The Hall–Kier alpha value is -1.62. The highest BCUT2D eigenvalue weighted by Crippen LogP contribution is 2.38. The molecule has 5 heteroatoms. The Kier molecular flexibility index (Phi) is 3.87. The Balaban J connectivity index is 1.74. The Labute approximate surface area is 119 Å². The Morgan fingerprint density at radius 1 is 1.20 bits per heavy atom. The maximum atomic E-state index is 6.14. The Morgan fingerprint density at radius 3 is 2.65 bits per heavy atom. The van der Waals surface area contributed by atoms with Crippen molar-refractivity contribution in [1.29, 1.82) is 0 Å². The number of ether oxygens (including phenoxy) is 3. The van der Waals surface area contributed by atoms with Crippen LogP contribution in [0.15, 0.2) is 12.1 Å². The lowest BCUT2D eigenvalue weighted by molar-refractivity contribution is 0.0576. The third-order valence-electron chi connectivity index (χ3n) is 3.89. The van der Waals surface area contributed by atoms with Crippen LogP contribution in [-0.2, 0) is 4.74 Å². The van der Waals surface area contributed by atoms with Gasteiger partial charge in [-0.05, 0) is 18.8 Å². The smallest absolute Gasteiger partial charge is 0.163 e. The molecule has 2 heterocycles. The van der Waals surface area contributed by atoms with Crippen molar-refractivity contribution in [3.8, 4) is 11.5 Å². The molecule has 1 saturated heterocycles. The second kappa shape index (κ2) is 5.79. The van der Waals surface area contributed by atoms with Crippen molar-refractivity contribution < 1.29 is 14.2 Å². The zero-order chi connectivity index (χ0) is 13.9. The van der Waals surface area contributed by atoms with Gasteiger partial charge in [-0.15, -0.1) is 0 Å². The summed E-state index contributed by atoms with van der Waals surface area (Å²) in [6, 6.07) is 3.84. The summed E-state index contributed by atoms with van der Waals surface area (Å²) in [5.41, 5.74) is 7.87. The van der Waals surface area contributed by atoms with E-state index in [1.54, 1.807) is 0 Å². The van der Waals surface area contributed by atoms with Crippen LogP contribution in [0.2, 0.25) is 0 Å². The van der Waals surface area contributed by atoms with Crippen molar-refractivity contribution in [1.82, 2.24) is 0 Å². The Morgan fingerprint density at radius 2 is 1.95 bits per heavy atom. The van der Waals surface area contributed by atoms with Gasteiger partial charge in [0.05, 0.1) is 18.0 Å². The van der Waals surface area contributed by atoms with Gasteiger partial charge >= 0.3 is 0 Å². The van der Waals surface area contributed by atoms with E-state index >= 15 is 0 Å². The van der Waals surface area contributed by atoms with Gasteiger partial charge in [-0.1, -0.05) is 0 Å². The van der Waals surface area contributed by atoms with E-state index in [0.717, 1.165) is 49.1 Å². The maximum Gasteiger partial charge on any atom is 0.163 e. The van der Waals surface area contributed by atoms with Gasteiger partial charge in [0.2, 0.25) is 0 Å². The van der Waals surface area contributed by atoms with Crippen molar-refractivity contribution in [3.05, 3.63) is 12.1 Å². The van der Waals surface area contributed by atoms with Crippen LogP contribution in [0.5, 0.6) is 11.5 Å². The van der Waals surface area contributed by atoms with Gasteiger partial charge in [0.25, 0.3) is 0 Å². The molecule has 5 nitrogen and oxygen atoms in total. The van der Waals surface area contributed by atoms with Crippen molar-refractivity contribution in [2.24, 2.45) is 5.92 Å². The van der Waals surface area contributed by atoms with Gasteiger partial charge < -0.3 is 24.8 Å². The standard InChI is InChI=1S/C15H22N2O3/c1-17(9-11-3-2-4-18-10-11)13-8-15-14(7-12(13)16)19-5-6-20-15/h7-8,11H,2-6,9-10,16H2,1H3. The molecule has 0 amide bonds. The number of benzene rings is 1. The summed E-state index contributed by atoms with van der Waals surface area (Å²) in [7, 11) is 2.07. The highest BCUT2D eigenvalue weighted by molar-refractivity contribution is 5.73. The van der Waals surface area contributed by atoms with Gasteiger partial charge in [0.1, 0.15) is 13.2 Å². The molecule has 0 aliphatic carbocycles. The minimum atomic E-state index is 0.571. The molecular weight excluding hydrogens is 256 g/mol. The third-order valence-corrected chi connectivity index (χ3v) is 3.89. The van der Waals surface area contributed by atoms with E-state index in [1.807, 2.05) is 12.1 Å². The predicted octanol–water partition coefficient (Wildman–Crippen LogP) is 1.90. The molecule has 0 saturated carbocycles. The molecule has 110 valence electrons. The average Bonchev–Trinajstić information content (AvgIpc) is 2.47. The molecule has 2 aliphatic rings. The monoisotopic (exact) mass is 278 g/mol. The highest BCUT2D eigenvalue weighted by atomic mass is 16.6. The van der Waals surface area contributed by atoms with Gasteiger partial charge in [-0.2, -0.15) is 0 Å². The summed E-state index contributed by atoms with van der Waals surface area (Å²) in [5, 5.41) is 0. The van der Waals surface area contributed by atoms with E-state index in [0.29, 0.717) is 19.1 Å². The number of nitrogens with two attached hydrogens (primary N) is 1. The number of hydrogen-bond acceptors (Lipinski definition) is 5. The molecule has 0 radical (unpaired) electrons. The fourth-order valence-corrected chi connectivity index (χ4v) is 2.86. The number of anilines is 2. The third kappa shape index (κ3) is 2.77. The van der Waals surface area contributed by atoms with Crippen LogP contribution in [0.4, 0.5) is 11.4 Å². The van der Waals surface area contributed by atoms with Crippen LogP contribution < -0.4 is 20.1 Å². The molecule has 20 heavy (non-hydrogen) atoms. The SMILES string of the molecule is CN(CC1CCCOC1)c1cc2c(cc1N)OCCO2. The Bertz CT molecular complexity index is 472. The molecule has 1 unspecified atom stereocenters. The van der Waals surface area contributed by atoms with Crippen molar-refractivity contribution >= 4 is 11.4 Å². The lowest BCUT2D eigenvalue weighted by atomic mass is 10.0. The van der Waals surface area contributed by atoms with Gasteiger partial charge in [-0.3, -0.25) is 0 Å². The summed E-state index contributed by atoms with van der Waals surface area (Å²) < 4.78 is 16.7. The number of hydrogen-bond donors (Lipinski definition) is 1. The summed E-state index contributed by atoms with van der Waals surface area (Å²) in [6.07, 6.45) is 2.37. The number of nitrogen functional groups attached to an aromatic ring is 1. The van der Waals surface area contributed by atoms with Crippen LogP contribution in [0.1, 0.15) is 12.8 Å². The number of nitrogens with zero attached hydrogens (tertiary/aromatic N) is 1. The van der Waals surface area contributed by atoms with Crippen LogP contribution in [0.3, 0.4) is 0 Å². The fraction of sp³-hybridized carbons (Fsp3) is 0.600. The average molecular weight is 278 g/mol. The number of rotatable bonds is 3. The van der Waals surface area contributed by atoms with Crippen molar-refractivity contribution in [3.63, 3.8) is 0 Å². The zero-order valence-corrected chi connectivity index (χ0v) is 11.9. The van der Waals surface area contributed by atoms with Crippen LogP contribution >= 0.6 is 0 Å². The minimum absolute atomic E-state index is 0.571. The van der Waals surface area contributed by atoms with E-state index in [1.165, 1.54) is 6.42 Å². The minimum Gasteiger partial charge on any atom is -0.486 e. The first-order valence-electron chi connectivity index (χ1n) is 7.22. The van der Waals surface area contributed by atoms with Crippen LogP contribution in [0, 0.1) is 5.92 Å². The topological polar surface area (TPSA) is 57.0 Å². The molecule has 0 spiro atoms. The van der Waals surface area contributed by atoms with E-state index in [2.05, 4.69) is 11.9 Å². The fourth-order valence-electron chi connectivity index (χ4n) is 2.86. The molecule has 0 aromatic heterocycles. The molecule has 1 atom stereocenters. The summed E-state index contributed by atoms with van der Waals surface area (Å²) in [4.78, 5) is 2.19. The quantitative estimate of drug-likeness (QED) is 0.856. The summed E-state index contributed by atoms with van der Waals surface area (Å²) in [5.74, 6) is 2.10. The van der Waals surface area contributed by atoms with E-state index in [-0.39, 0.29) is 0 Å². The van der Waals surface area contributed by atoms with Crippen molar-refractivity contribution in [2.75, 3.05) is 50.7 Å². The van der Waals surface area contributed by atoms with E-state index in [4.69, 9.17) is 19.9 Å². The molecule has 1 aromatic rings. The second-order valence-electron chi connectivity index (χ2n) is 5.52. The largest absolute Gasteiger partial charge is 0.486 e.